The second-order valence-electron chi connectivity index (χ2n) is 4.76. The highest BCUT2D eigenvalue weighted by Gasteiger charge is 2.01. The van der Waals surface area contributed by atoms with Crippen LogP contribution in [0.3, 0.4) is 0 Å². The van der Waals surface area contributed by atoms with Gasteiger partial charge in [0.25, 0.3) is 5.56 Å². The van der Waals surface area contributed by atoms with Crippen molar-refractivity contribution in [3.63, 3.8) is 0 Å². The third-order valence-electron chi connectivity index (χ3n) is 2.67. The molecule has 0 fully saturated rings. The van der Waals surface area contributed by atoms with E-state index in [2.05, 4.69) is 15.4 Å². The van der Waals surface area contributed by atoms with Crippen molar-refractivity contribution in [2.24, 2.45) is 0 Å². The van der Waals surface area contributed by atoms with E-state index in [1.54, 1.807) is 24.8 Å². The second-order valence-corrected chi connectivity index (χ2v) is 4.76. The van der Waals surface area contributed by atoms with Crippen LogP contribution in [0.15, 0.2) is 35.8 Å². The Morgan fingerprint density at radius 2 is 2.21 bits per heavy atom. The normalized spacial score (nSPS) is 10.9. The monoisotopic (exact) mass is 261 g/mol. The second kappa shape index (κ2) is 6.17. The molecule has 2 aromatic rings. The van der Waals surface area contributed by atoms with Crippen LogP contribution in [-0.4, -0.2) is 25.4 Å². The van der Waals surface area contributed by atoms with Crippen molar-refractivity contribution in [1.82, 2.24) is 19.3 Å². The first-order valence-electron chi connectivity index (χ1n) is 6.44. The fourth-order valence-electron chi connectivity index (χ4n) is 1.84. The van der Waals surface area contributed by atoms with Gasteiger partial charge in [-0.1, -0.05) is 0 Å². The first kappa shape index (κ1) is 13.3. The Labute approximate surface area is 112 Å². The van der Waals surface area contributed by atoms with Crippen LogP contribution in [0.5, 0.6) is 0 Å². The van der Waals surface area contributed by atoms with Crippen molar-refractivity contribution >= 4 is 5.69 Å². The van der Waals surface area contributed by atoms with Gasteiger partial charge < -0.3 is 9.88 Å². The third-order valence-corrected chi connectivity index (χ3v) is 2.67. The maximum Gasteiger partial charge on any atom is 0.268 e. The fraction of sp³-hybridized carbons (Fsp3) is 0.462. The van der Waals surface area contributed by atoms with Crippen molar-refractivity contribution < 1.29 is 0 Å². The zero-order chi connectivity index (χ0) is 13.7. The summed E-state index contributed by atoms with van der Waals surface area (Å²) in [7, 11) is 0. The number of imidazole rings is 1. The minimum Gasteiger partial charge on any atom is -0.381 e. The molecule has 0 aliphatic heterocycles. The van der Waals surface area contributed by atoms with Gasteiger partial charge in [-0.15, -0.1) is 0 Å². The average Bonchev–Trinajstić information content (AvgIpc) is 2.84. The molecule has 0 saturated heterocycles. The van der Waals surface area contributed by atoms with E-state index in [9.17, 15) is 4.79 Å². The fourth-order valence-corrected chi connectivity index (χ4v) is 1.84. The first-order valence-corrected chi connectivity index (χ1v) is 6.44. The Kier molecular flexibility index (Phi) is 4.33. The number of nitrogens with zero attached hydrogens (tertiary/aromatic N) is 4. The van der Waals surface area contributed by atoms with E-state index in [4.69, 9.17) is 0 Å². The lowest BCUT2D eigenvalue weighted by Gasteiger charge is -2.10. The van der Waals surface area contributed by atoms with E-state index in [-0.39, 0.29) is 5.56 Å². The molecule has 0 unspecified atom stereocenters. The molecule has 0 bridgehead atoms. The molecule has 0 spiro atoms. The summed E-state index contributed by atoms with van der Waals surface area (Å²) in [6.07, 6.45) is 7.97. The lowest BCUT2D eigenvalue weighted by atomic mass is 10.3. The van der Waals surface area contributed by atoms with Gasteiger partial charge in [0, 0.05) is 37.6 Å². The van der Waals surface area contributed by atoms with Crippen molar-refractivity contribution in [3.05, 3.63) is 41.3 Å². The Morgan fingerprint density at radius 1 is 1.37 bits per heavy atom. The van der Waals surface area contributed by atoms with Gasteiger partial charge in [-0.3, -0.25) is 4.79 Å². The van der Waals surface area contributed by atoms with E-state index in [1.807, 2.05) is 24.6 Å². The van der Waals surface area contributed by atoms with E-state index < -0.39 is 0 Å². The highest BCUT2D eigenvalue weighted by atomic mass is 16.1. The standard InChI is InChI=1S/C13H19N5O/c1-11(2)16-12-8-13(19)18(15-9-12)6-3-5-17-7-4-14-10-17/h4,7-11,16H,3,5-6H2,1-2H3. The van der Waals surface area contributed by atoms with Crippen LogP contribution >= 0.6 is 0 Å². The van der Waals surface area contributed by atoms with Crippen molar-refractivity contribution in [2.45, 2.75) is 39.4 Å². The topological polar surface area (TPSA) is 64.7 Å². The average molecular weight is 261 g/mol. The maximum absolute atomic E-state index is 11.9. The Bertz CT molecular complexity index is 559. The molecule has 0 atom stereocenters. The molecule has 1 N–H and O–H groups in total. The molecule has 0 radical (unpaired) electrons. The van der Waals surface area contributed by atoms with Gasteiger partial charge in [0.1, 0.15) is 0 Å². The summed E-state index contributed by atoms with van der Waals surface area (Å²) in [6, 6.07) is 1.88. The number of aromatic nitrogens is 4. The van der Waals surface area contributed by atoms with Gasteiger partial charge in [-0.2, -0.15) is 5.10 Å². The van der Waals surface area contributed by atoms with Gasteiger partial charge in [-0.25, -0.2) is 9.67 Å². The van der Waals surface area contributed by atoms with E-state index in [0.717, 1.165) is 18.7 Å². The van der Waals surface area contributed by atoms with Gasteiger partial charge in [-0.05, 0) is 20.3 Å². The molecule has 6 heteroatoms. The smallest absolute Gasteiger partial charge is 0.268 e. The van der Waals surface area contributed by atoms with Crippen LogP contribution in [0.25, 0.3) is 0 Å². The molecule has 2 heterocycles. The molecule has 6 nitrogen and oxygen atoms in total. The predicted molar refractivity (Wildman–Crippen MR) is 74.1 cm³/mol. The van der Waals surface area contributed by atoms with Gasteiger partial charge in [0.2, 0.25) is 0 Å². The molecule has 2 rings (SSSR count). The van der Waals surface area contributed by atoms with E-state index in [1.165, 1.54) is 4.68 Å². The highest BCUT2D eigenvalue weighted by molar-refractivity contribution is 5.39. The van der Waals surface area contributed by atoms with Crippen molar-refractivity contribution in [3.8, 4) is 0 Å². The number of hydrogen-bond donors (Lipinski definition) is 1. The van der Waals surface area contributed by atoms with Gasteiger partial charge in [0.15, 0.2) is 0 Å². The molecule has 0 aromatic carbocycles. The summed E-state index contributed by atoms with van der Waals surface area (Å²) < 4.78 is 3.47. The summed E-state index contributed by atoms with van der Waals surface area (Å²) in [5, 5.41) is 7.33. The first-order chi connectivity index (χ1) is 9.15. The lowest BCUT2D eigenvalue weighted by Crippen LogP contribution is -2.24. The number of hydrogen-bond acceptors (Lipinski definition) is 4. The number of rotatable bonds is 6. The van der Waals surface area contributed by atoms with Crippen LogP contribution in [0.4, 0.5) is 5.69 Å². The molecular weight excluding hydrogens is 242 g/mol. The zero-order valence-electron chi connectivity index (χ0n) is 11.3. The predicted octanol–water partition coefficient (Wildman–Crippen LogP) is 1.35. The maximum atomic E-state index is 11.9. The number of anilines is 1. The Balaban J connectivity index is 1.92. The summed E-state index contributed by atoms with van der Waals surface area (Å²) in [5.74, 6) is 0. The third kappa shape index (κ3) is 3.94. The van der Waals surface area contributed by atoms with Crippen LogP contribution in [0.2, 0.25) is 0 Å². The van der Waals surface area contributed by atoms with Crippen LogP contribution in [-0.2, 0) is 13.1 Å². The summed E-state index contributed by atoms with van der Waals surface area (Å²) >= 11 is 0. The van der Waals surface area contributed by atoms with Crippen molar-refractivity contribution in [2.75, 3.05) is 5.32 Å². The Morgan fingerprint density at radius 3 is 2.84 bits per heavy atom. The molecule has 0 amide bonds. The highest BCUT2D eigenvalue weighted by Crippen LogP contribution is 2.02. The minimum absolute atomic E-state index is 0.0729. The van der Waals surface area contributed by atoms with Gasteiger partial charge in [0.05, 0.1) is 18.2 Å². The van der Waals surface area contributed by atoms with Gasteiger partial charge >= 0.3 is 0 Å². The molecule has 102 valence electrons. The zero-order valence-corrected chi connectivity index (χ0v) is 11.3. The largest absolute Gasteiger partial charge is 0.381 e. The van der Waals surface area contributed by atoms with E-state index in [0.29, 0.717) is 12.6 Å². The minimum atomic E-state index is -0.0729. The summed E-state index contributed by atoms with van der Waals surface area (Å²) in [5.41, 5.74) is 0.696. The Hall–Kier alpha value is -2.11. The molecule has 0 aliphatic rings. The van der Waals surface area contributed by atoms with E-state index >= 15 is 0 Å². The van der Waals surface area contributed by atoms with Crippen LogP contribution in [0.1, 0.15) is 20.3 Å². The molecule has 0 saturated carbocycles. The SMILES string of the molecule is CC(C)Nc1cnn(CCCn2ccnc2)c(=O)c1. The molecule has 2 aromatic heterocycles. The van der Waals surface area contributed by atoms with Crippen LogP contribution in [0, 0.1) is 0 Å². The van der Waals surface area contributed by atoms with Crippen LogP contribution < -0.4 is 10.9 Å². The number of aryl methyl sites for hydroxylation is 2. The molecular formula is C13H19N5O. The number of nitrogens with one attached hydrogen (secondary N) is 1. The quantitative estimate of drug-likeness (QED) is 0.852. The molecule has 19 heavy (non-hydrogen) atoms. The summed E-state index contributed by atoms with van der Waals surface area (Å²) in [6.45, 7) is 5.49. The lowest BCUT2D eigenvalue weighted by molar-refractivity contribution is 0.507. The van der Waals surface area contributed by atoms with Crippen molar-refractivity contribution in [1.29, 1.82) is 0 Å². The summed E-state index contributed by atoms with van der Waals surface area (Å²) in [4.78, 5) is 15.8. The molecule has 0 aliphatic carbocycles.